The molecule has 0 saturated carbocycles. The molecule has 0 fully saturated rings. The van der Waals surface area contributed by atoms with Gasteiger partial charge in [-0.1, -0.05) is 0 Å². The van der Waals surface area contributed by atoms with Gasteiger partial charge in [-0.3, -0.25) is 4.99 Å². The fourth-order valence-corrected chi connectivity index (χ4v) is 2.53. The number of aromatic nitrogens is 1. The quantitative estimate of drug-likeness (QED) is 0.619. The number of benzene rings is 1. The second kappa shape index (κ2) is 9.01. The van der Waals surface area contributed by atoms with Crippen molar-refractivity contribution in [3.05, 3.63) is 48.3 Å². The third-order valence-electron chi connectivity index (χ3n) is 3.97. The number of ether oxygens (including phenoxy) is 2. The first-order chi connectivity index (χ1) is 12.0. The van der Waals surface area contributed by atoms with Crippen LogP contribution in [0.3, 0.4) is 0 Å². The van der Waals surface area contributed by atoms with Gasteiger partial charge in [0.25, 0.3) is 0 Å². The van der Waals surface area contributed by atoms with Gasteiger partial charge >= 0.3 is 0 Å². The van der Waals surface area contributed by atoms with Crippen LogP contribution in [-0.2, 0) is 13.6 Å². The first kappa shape index (κ1) is 18.7. The maximum atomic E-state index is 5.92. The summed E-state index contributed by atoms with van der Waals surface area (Å²) < 4.78 is 13.2. The van der Waals surface area contributed by atoms with Crippen LogP contribution in [-0.4, -0.2) is 49.3 Å². The number of hydrogen-bond acceptors (Lipinski definition) is 3. The van der Waals surface area contributed by atoms with Crippen LogP contribution in [0.1, 0.15) is 12.6 Å². The smallest absolute Gasteiger partial charge is 0.193 e. The van der Waals surface area contributed by atoms with Gasteiger partial charge in [0.1, 0.15) is 17.6 Å². The van der Waals surface area contributed by atoms with Crippen molar-refractivity contribution in [2.24, 2.45) is 12.0 Å². The molecule has 6 nitrogen and oxygen atoms in total. The number of methoxy groups -OCH3 is 1. The van der Waals surface area contributed by atoms with Crippen LogP contribution >= 0.6 is 0 Å². The van der Waals surface area contributed by atoms with Crippen molar-refractivity contribution >= 4 is 5.96 Å². The number of nitrogens with zero attached hydrogens (tertiary/aromatic N) is 3. The number of aryl methyl sites for hydroxylation is 1. The molecule has 0 amide bonds. The summed E-state index contributed by atoms with van der Waals surface area (Å²) in [6.45, 7) is 3.48. The standard InChI is InChI=1S/C19H28N4O2/c1-15(25-18-10-8-17(24-5)9-11-18)13-21-19(20-2)23(4)14-16-7-6-12-22(16)3/h6-12,15H,13-14H2,1-5H3,(H,20,21). The molecule has 1 aromatic heterocycles. The lowest BCUT2D eigenvalue weighted by atomic mass is 10.3. The molecule has 1 atom stereocenters. The van der Waals surface area contributed by atoms with Crippen LogP contribution < -0.4 is 14.8 Å². The van der Waals surface area contributed by atoms with Crippen molar-refractivity contribution in [1.82, 2.24) is 14.8 Å². The molecule has 0 saturated heterocycles. The highest BCUT2D eigenvalue weighted by atomic mass is 16.5. The molecule has 6 heteroatoms. The van der Waals surface area contributed by atoms with E-state index >= 15 is 0 Å². The Bertz CT molecular complexity index is 679. The van der Waals surface area contributed by atoms with Gasteiger partial charge in [-0.25, -0.2) is 0 Å². The molecule has 1 heterocycles. The van der Waals surface area contributed by atoms with Crippen molar-refractivity contribution < 1.29 is 9.47 Å². The second-order valence-electron chi connectivity index (χ2n) is 6.00. The molecular weight excluding hydrogens is 316 g/mol. The van der Waals surface area contributed by atoms with Gasteiger partial charge in [-0.15, -0.1) is 0 Å². The number of hydrogen-bond donors (Lipinski definition) is 1. The van der Waals surface area contributed by atoms with E-state index in [4.69, 9.17) is 9.47 Å². The summed E-state index contributed by atoms with van der Waals surface area (Å²) in [5, 5.41) is 3.36. The van der Waals surface area contributed by atoms with Gasteiger partial charge in [-0.05, 0) is 43.3 Å². The molecule has 0 radical (unpaired) electrons. The maximum absolute atomic E-state index is 5.92. The zero-order chi connectivity index (χ0) is 18.2. The highest BCUT2D eigenvalue weighted by Crippen LogP contribution is 2.18. The molecule has 0 aliphatic carbocycles. The lowest BCUT2D eigenvalue weighted by Crippen LogP contribution is -2.42. The fraction of sp³-hybridized carbons (Fsp3) is 0.421. The molecule has 0 bridgehead atoms. The summed E-state index contributed by atoms with van der Waals surface area (Å²) in [6, 6.07) is 11.8. The van der Waals surface area contributed by atoms with E-state index in [0.717, 1.165) is 24.0 Å². The minimum atomic E-state index is 0.00795. The summed E-state index contributed by atoms with van der Waals surface area (Å²) in [7, 11) is 7.51. The molecule has 0 spiro atoms. The first-order valence-corrected chi connectivity index (χ1v) is 8.36. The molecule has 2 aromatic rings. The van der Waals surface area contributed by atoms with E-state index in [-0.39, 0.29) is 6.10 Å². The molecule has 0 aliphatic rings. The Morgan fingerprint density at radius 2 is 1.92 bits per heavy atom. The van der Waals surface area contributed by atoms with Crippen molar-refractivity contribution in [1.29, 1.82) is 0 Å². The molecule has 1 aromatic carbocycles. The van der Waals surface area contributed by atoms with Gasteiger partial charge in [0, 0.05) is 33.0 Å². The van der Waals surface area contributed by atoms with Gasteiger partial charge in [-0.2, -0.15) is 0 Å². The molecule has 136 valence electrons. The van der Waals surface area contributed by atoms with Gasteiger partial charge in [0.15, 0.2) is 5.96 Å². The van der Waals surface area contributed by atoms with Crippen LogP contribution in [0.15, 0.2) is 47.6 Å². The number of guanidine groups is 1. The van der Waals surface area contributed by atoms with E-state index in [1.807, 2.05) is 57.5 Å². The molecule has 1 unspecified atom stereocenters. The number of nitrogens with one attached hydrogen (secondary N) is 1. The van der Waals surface area contributed by atoms with Gasteiger partial charge in [0.2, 0.25) is 0 Å². The zero-order valence-electron chi connectivity index (χ0n) is 15.7. The largest absolute Gasteiger partial charge is 0.497 e. The topological polar surface area (TPSA) is 51.0 Å². The lowest BCUT2D eigenvalue weighted by molar-refractivity contribution is 0.222. The van der Waals surface area contributed by atoms with E-state index in [1.54, 1.807) is 14.2 Å². The second-order valence-corrected chi connectivity index (χ2v) is 6.00. The van der Waals surface area contributed by atoms with Gasteiger partial charge in [0.05, 0.1) is 20.2 Å². The normalized spacial score (nSPS) is 12.6. The van der Waals surface area contributed by atoms with Crippen LogP contribution in [0.4, 0.5) is 0 Å². The van der Waals surface area contributed by atoms with Crippen LogP contribution in [0, 0.1) is 0 Å². The third kappa shape index (κ3) is 5.45. The monoisotopic (exact) mass is 344 g/mol. The zero-order valence-corrected chi connectivity index (χ0v) is 15.7. The summed E-state index contributed by atoms with van der Waals surface area (Å²) >= 11 is 0. The average Bonchev–Trinajstić information content (AvgIpc) is 3.01. The third-order valence-corrected chi connectivity index (χ3v) is 3.97. The SMILES string of the molecule is CN=C(NCC(C)Oc1ccc(OC)cc1)N(C)Cc1cccn1C. The van der Waals surface area contributed by atoms with E-state index in [1.165, 1.54) is 5.69 Å². The van der Waals surface area contributed by atoms with E-state index in [9.17, 15) is 0 Å². The van der Waals surface area contributed by atoms with E-state index < -0.39 is 0 Å². The van der Waals surface area contributed by atoms with Crippen molar-refractivity contribution in [3.63, 3.8) is 0 Å². The minimum Gasteiger partial charge on any atom is -0.497 e. The molecule has 0 aliphatic heterocycles. The van der Waals surface area contributed by atoms with Gasteiger partial charge < -0.3 is 24.3 Å². The Labute approximate surface area is 150 Å². The lowest BCUT2D eigenvalue weighted by Gasteiger charge is -2.24. The molecular formula is C19H28N4O2. The molecule has 1 N–H and O–H groups in total. The minimum absolute atomic E-state index is 0.00795. The van der Waals surface area contributed by atoms with Crippen LogP contribution in [0.5, 0.6) is 11.5 Å². The Kier molecular flexibility index (Phi) is 6.74. The number of rotatable bonds is 7. The van der Waals surface area contributed by atoms with Crippen LogP contribution in [0.25, 0.3) is 0 Å². The molecule has 2 rings (SSSR count). The Morgan fingerprint density at radius 3 is 2.48 bits per heavy atom. The predicted molar refractivity (Wildman–Crippen MR) is 101 cm³/mol. The Hall–Kier alpha value is -2.63. The van der Waals surface area contributed by atoms with E-state index in [0.29, 0.717) is 6.54 Å². The highest BCUT2D eigenvalue weighted by Gasteiger charge is 2.11. The Morgan fingerprint density at radius 1 is 1.24 bits per heavy atom. The van der Waals surface area contributed by atoms with Crippen LogP contribution in [0.2, 0.25) is 0 Å². The fourth-order valence-electron chi connectivity index (χ4n) is 2.53. The van der Waals surface area contributed by atoms with E-state index in [2.05, 4.69) is 25.8 Å². The maximum Gasteiger partial charge on any atom is 0.193 e. The van der Waals surface area contributed by atoms with Crippen molar-refractivity contribution in [3.8, 4) is 11.5 Å². The Balaban J connectivity index is 1.83. The summed E-state index contributed by atoms with van der Waals surface area (Å²) in [6.07, 6.45) is 2.05. The number of aliphatic imine (C=N–C) groups is 1. The highest BCUT2D eigenvalue weighted by molar-refractivity contribution is 5.79. The predicted octanol–water partition coefficient (Wildman–Crippen LogP) is 2.51. The van der Waals surface area contributed by atoms with Crippen molar-refractivity contribution in [2.45, 2.75) is 19.6 Å². The average molecular weight is 344 g/mol. The first-order valence-electron chi connectivity index (χ1n) is 8.36. The van der Waals surface area contributed by atoms with Crippen molar-refractivity contribution in [2.75, 3.05) is 27.7 Å². The summed E-state index contributed by atoms with van der Waals surface area (Å²) in [5.41, 5.74) is 1.23. The summed E-state index contributed by atoms with van der Waals surface area (Å²) in [5.74, 6) is 2.48. The summed E-state index contributed by atoms with van der Waals surface area (Å²) in [4.78, 5) is 6.44. The molecule has 25 heavy (non-hydrogen) atoms.